The number of tetrazole rings is 1. The Balaban J connectivity index is 1.85. The summed E-state index contributed by atoms with van der Waals surface area (Å²) in [6.45, 7) is 7.76. The molecule has 0 saturated heterocycles. The van der Waals surface area contributed by atoms with Crippen molar-refractivity contribution in [3.05, 3.63) is 47.2 Å². The minimum absolute atomic E-state index is 0.103. The normalized spacial score (nSPS) is 10.9. The molecule has 0 atom stereocenters. The number of carbonyl (C=O) groups is 1. The fourth-order valence-electron chi connectivity index (χ4n) is 2.86. The van der Waals surface area contributed by atoms with Gasteiger partial charge in [-0.15, -0.1) is 5.10 Å². The molecule has 0 bridgehead atoms. The Bertz CT molecular complexity index is 1030. The molecular weight excluding hydrogens is 374 g/mol. The minimum Gasteiger partial charge on any atom is -0.310 e. The maximum Gasteiger partial charge on any atom is 0.236 e. The standard InChI is InChI=1S/C19H21N7OS/c1-12(2)26-19(22-23-24-26)28-11-17(27)21-18-16(10-20)13(3)14(4)25(18)15-8-6-5-7-9-15/h5-9,12H,11H2,1-4H3,(H,21,27). The monoisotopic (exact) mass is 395 g/mol. The van der Waals surface area contributed by atoms with Crippen molar-refractivity contribution < 1.29 is 4.79 Å². The number of thioether (sulfide) groups is 1. The molecule has 0 spiro atoms. The van der Waals surface area contributed by atoms with E-state index in [-0.39, 0.29) is 17.7 Å². The van der Waals surface area contributed by atoms with E-state index in [0.717, 1.165) is 16.9 Å². The summed E-state index contributed by atoms with van der Waals surface area (Å²) in [4.78, 5) is 12.6. The first-order valence-electron chi connectivity index (χ1n) is 8.82. The van der Waals surface area contributed by atoms with Crippen LogP contribution in [-0.2, 0) is 4.79 Å². The third-order valence-corrected chi connectivity index (χ3v) is 5.32. The third-order valence-electron chi connectivity index (χ3n) is 4.38. The molecule has 1 aromatic carbocycles. The van der Waals surface area contributed by atoms with Gasteiger partial charge in [-0.2, -0.15) is 5.26 Å². The van der Waals surface area contributed by atoms with E-state index in [2.05, 4.69) is 26.9 Å². The van der Waals surface area contributed by atoms with E-state index in [1.807, 2.05) is 62.6 Å². The molecule has 1 amide bonds. The maximum atomic E-state index is 12.6. The molecular formula is C19H21N7OS. The zero-order valence-corrected chi connectivity index (χ0v) is 17.0. The van der Waals surface area contributed by atoms with Gasteiger partial charge in [0.1, 0.15) is 11.9 Å². The first-order chi connectivity index (χ1) is 13.4. The summed E-state index contributed by atoms with van der Waals surface area (Å²) in [5, 5.41) is 24.7. The number of nitrogens with one attached hydrogen (secondary N) is 1. The van der Waals surface area contributed by atoms with E-state index in [9.17, 15) is 10.1 Å². The van der Waals surface area contributed by atoms with E-state index < -0.39 is 0 Å². The highest BCUT2D eigenvalue weighted by molar-refractivity contribution is 7.99. The predicted molar refractivity (Wildman–Crippen MR) is 108 cm³/mol. The largest absolute Gasteiger partial charge is 0.310 e. The summed E-state index contributed by atoms with van der Waals surface area (Å²) in [6, 6.07) is 12.0. The van der Waals surface area contributed by atoms with E-state index in [0.29, 0.717) is 16.5 Å². The number of aromatic nitrogens is 5. The van der Waals surface area contributed by atoms with E-state index >= 15 is 0 Å². The molecule has 3 rings (SSSR count). The van der Waals surface area contributed by atoms with Gasteiger partial charge in [-0.3, -0.25) is 9.36 Å². The number of benzene rings is 1. The summed E-state index contributed by atoms with van der Waals surface area (Å²) in [5.74, 6) is 0.392. The van der Waals surface area contributed by atoms with E-state index in [4.69, 9.17) is 0 Å². The highest BCUT2D eigenvalue weighted by atomic mass is 32.2. The van der Waals surface area contributed by atoms with Crippen molar-refractivity contribution >= 4 is 23.5 Å². The van der Waals surface area contributed by atoms with Crippen LogP contribution < -0.4 is 5.32 Å². The Morgan fingerprint density at radius 2 is 2.00 bits per heavy atom. The van der Waals surface area contributed by atoms with Crippen LogP contribution >= 0.6 is 11.8 Å². The minimum atomic E-state index is -0.227. The van der Waals surface area contributed by atoms with Crippen LogP contribution in [0.2, 0.25) is 0 Å². The van der Waals surface area contributed by atoms with Gasteiger partial charge < -0.3 is 5.32 Å². The number of nitrogens with zero attached hydrogens (tertiary/aromatic N) is 6. The number of amides is 1. The second-order valence-electron chi connectivity index (χ2n) is 6.55. The molecule has 144 valence electrons. The van der Waals surface area contributed by atoms with Gasteiger partial charge in [0, 0.05) is 11.4 Å². The van der Waals surface area contributed by atoms with Crippen LogP contribution in [0.15, 0.2) is 35.5 Å². The Morgan fingerprint density at radius 3 is 2.64 bits per heavy atom. The van der Waals surface area contributed by atoms with Crippen LogP contribution in [0.3, 0.4) is 0 Å². The Kier molecular flexibility index (Phi) is 5.80. The molecule has 3 aromatic rings. The summed E-state index contributed by atoms with van der Waals surface area (Å²) >= 11 is 1.26. The van der Waals surface area contributed by atoms with Crippen LogP contribution in [0.4, 0.5) is 5.82 Å². The highest BCUT2D eigenvalue weighted by Gasteiger charge is 2.21. The van der Waals surface area contributed by atoms with Crippen molar-refractivity contribution in [3.8, 4) is 11.8 Å². The summed E-state index contributed by atoms with van der Waals surface area (Å²) in [6.07, 6.45) is 0. The van der Waals surface area contributed by atoms with Crippen LogP contribution in [0.5, 0.6) is 0 Å². The number of nitriles is 1. The average molecular weight is 395 g/mol. The molecule has 0 unspecified atom stereocenters. The molecule has 0 aliphatic carbocycles. The van der Waals surface area contributed by atoms with E-state index in [1.54, 1.807) is 4.68 Å². The molecule has 0 saturated carbocycles. The summed E-state index contributed by atoms with van der Waals surface area (Å²) in [7, 11) is 0. The van der Waals surface area contributed by atoms with Crippen molar-refractivity contribution in [2.45, 2.75) is 38.9 Å². The Hall–Kier alpha value is -3.12. The van der Waals surface area contributed by atoms with Crippen molar-refractivity contribution in [2.24, 2.45) is 0 Å². The van der Waals surface area contributed by atoms with Gasteiger partial charge in [0.25, 0.3) is 0 Å². The second-order valence-corrected chi connectivity index (χ2v) is 7.50. The zero-order chi connectivity index (χ0) is 20.3. The van der Waals surface area contributed by atoms with Gasteiger partial charge in [-0.25, -0.2) is 4.68 Å². The van der Waals surface area contributed by atoms with Gasteiger partial charge in [0.2, 0.25) is 11.1 Å². The lowest BCUT2D eigenvalue weighted by Gasteiger charge is -2.13. The highest BCUT2D eigenvalue weighted by Crippen LogP contribution is 2.30. The molecule has 9 heteroatoms. The number of carbonyl (C=O) groups excluding carboxylic acids is 1. The number of para-hydroxylation sites is 1. The average Bonchev–Trinajstić information content (AvgIpc) is 3.24. The second kappa shape index (κ2) is 8.27. The Morgan fingerprint density at radius 1 is 1.29 bits per heavy atom. The lowest BCUT2D eigenvalue weighted by atomic mass is 10.2. The van der Waals surface area contributed by atoms with Crippen molar-refractivity contribution in [3.63, 3.8) is 0 Å². The lowest BCUT2D eigenvalue weighted by molar-refractivity contribution is -0.113. The van der Waals surface area contributed by atoms with Gasteiger partial charge in [-0.1, -0.05) is 30.0 Å². The molecule has 0 fully saturated rings. The lowest BCUT2D eigenvalue weighted by Crippen LogP contribution is -2.18. The van der Waals surface area contributed by atoms with Gasteiger partial charge >= 0.3 is 0 Å². The molecule has 0 aliphatic rings. The molecule has 0 aliphatic heterocycles. The topological polar surface area (TPSA) is 101 Å². The van der Waals surface area contributed by atoms with Crippen LogP contribution in [0.1, 0.15) is 36.7 Å². The molecule has 0 radical (unpaired) electrons. The third kappa shape index (κ3) is 3.77. The number of rotatable bonds is 6. The number of hydrogen-bond acceptors (Lipinski definition) is 6. The SMILES string of the molecule is Cc1c(C#N)c(NC(=O)CSc2nnnn2C(C)C)n(-c2ccccc2)c1C. The fourth-order valence-corrected chi connectivity index (χ4v) is 3.67. The summed E-state index contributed by atoms with van der Waals surface area (Å²) < 4.78 is 3.56. The molecule has 2 aromatic heterocycles. The zero-order valence-electron chi connectivity index (χ0n) is 16.2. The molecule has 2 heterocycles. The van der Waals surface area contributed by atoms with Crippen LogP contribution in [0, 0.1) is 25.2 Å². The fraction of sp³-hybridized carbons (Fsp3) is 0.316. The smallest absolute Gasteiger partial charge is 0.236 e. The summed E-state index contributed by atoms with van der Waals surface area (Å²) in [5.41, 5.74) is 3.11. The first-order valence-corrected chi connectivity index (χ1v) is 9.80. The Labute approximate surface area is 167 Å². The van der Waals surface area contributed by atoms with E-state index in [1.165, 1.54) is 11.8 Å². The molecule has 8 nitrogen and oxygen atoms in total. The number of hydrogen-bond donors (Lipinski definition) is 1. The number of anilines is 1. The van der Waals surface area contributed by atoms with Crippen molar-refractivity contribution in [1.29, 1.82) is 5.26 Å². The molecule has 28 heavy (non-hydrogen) atoms. The van der Waals surface area contributed by atoms with Crippen molar-refractivity contribution in [1.82, 2.24) is 24.8 Å². The maximum absolute atomic E-state index is 12.6. The van der Waals surface area contributed by atoms with Gasteiger partial charge in [0.15, 0.2) is 0 Å². The van der Waals surface area contributed by atoms with Crippen LogP contribution in [-0.4, -0.2) is 36.4 Å². The first kappa shape index (κ1) is 19.6. The predicted octanol–water partition coefficient (Wildman–Crippen LogP) is 3.26. The van der Waals surface area contributed by atoms with Gasteiger partial charge in [-0.05, 0) is 55.8 Å². The van der Waals surface area contributed by atoms with Gasteiger partial charge in [0.05, 0.1) is 17.4 Å². The van der Waals surface area contributed by atoms with Crippen molar-refractivity contribution in [2.75, 3.05) is 11.1 Å². The van der Waals surface area contributed by atoms with Crippen LogP contribution in [0.25, 0.3) is 5.69 Å². The quantitative estimate of drug-likeness (QED) is 0.643. The molecule has 1 N–H and O–H groups in total.